The Morgan fingerprint density at radius 1 is 1.30 bits per heavy atom. The summed E-state index contributed by atoms with van der Waals surface area (Å²) in [6, 6.07) is 0. The standard InChI is InChI=1S/C9H16O/c1-3-5-6-7-9-10-8-4-2/h4,7-9H,3,5-6H2,1-2H3. The van der Waals surface area contributed by atoms with Crippen molar-refractivity contribution < 1.29 is 4.74 Å². The molecule has 0 fully saturated rings. The van der Waals surface area contributed by atoms with Gasteiger partial charge in [0.05, 0.1) is 12.5 Å². The highest BCUT2D eigenvalue weighted by molar-refractivity contribution is 4.77. The molecular weight excluding hydrogens is 124 g/mol. The van der Waals surface area contributed by atoms with Gasteiger partial charge in [-0.25, -0.2) is 0 Å². The van der Waals surface area contributed by atoms with E-state index in [2.05, 4.69) is 6.92 Å². The van der Waals surface area contributed by atoms with Gasteiger partial charge in [-0.15, -0.1) is 0 Å². The van der Waals surface area contributed by atoms with Crippen LogP contribution >= 0.6 is 0 Å². The molecule has 0 aliphatic carbocycles. The molecule has 0 atom stereocenters. The van der Waals surface area contributed by atoms with Crippen LogP contribution in [0.1, 0.15) is 33.1 Å². The number of rotatable bonds is 5. The third kappa shape index (κ3) is 7.28. The average molecular weight is 140 g/mol. The number of unbranched alkanes of at least 4 members (excludes halogenated alkanes) is 2. The first-order valence-corrected chi connectivity index (χ1v) is 3.83. The lowest BCUT2D eigenvalue weighted by Gasteiger charge is -1.88. The highest BCUT2D eigenvalue weighted by Crippen LogP contribution is 1.94. The van der Waals surface area contributed by atoms with Crippen molar-refractivity contribution in [3.05, 3.63) is 24.7 Å². The molecule has 10 heavy (non-hydrogen) atoms. The van der Waals surface area contributed by atoms with Gasteiger partial charge in [-0.3, -0.25) is 0 Å². The van der Waals surface area contributed by atoms with E-state index in [0.29, 0.717) is 0 Å². The van der Waals surface area contributed by atoms with Crippen molar-refractivity contribution in [1.29, 1.82) is 0 Å². The predicted molar refractivity (Wildman–Crippen MR) is 44.6 cm³/mol. The van der Waals surface area contributed by atoms with Crippen molar-refractivity contribution in [2.24, 2.45) is 0 Å². The Labute approximate surface area is 63.4 Å². The molecule has 0 saturated heterocycles. The first kappa shape index (κ1) is 9.28. The predicted octanol–water partition coefficient (Wildman–Crippen LogP) is 3.24. The van der Waals surface area contributed by atoms with Gasteiger partial charge in [0, 0.05) is 0 Å². The van der Waals surface area contributed by atoms with Crippen LogP contribution in [0.5, 0.6) is 0 Å². The first-order chi connectivity index (χ1) is 4.91. The van der Waals surface area contributed by atoms with Gasteiger partial charge in [-0.05, 0) is 25.8 Å². The number of ether oxygens (including phenoxy) is 1. The lowest BCUT2D eigenvalue weighted by Crippen LogP contribution is -1.68. The number of hydrogen-bond acceptors (Lipinski definition) is 1. The zero-order valence-corrected chi connectivity index (χ0v) is 6.84. The summed E-state index contributed by atoms with van der Waals surface area (Å²) >= 11 is 0. The van der Waals surface area contributed by atoms with E-state index in [1.165, 1.54) is 12.8 Å². The largest absolute Gasteiger partial charge is 0.473 e. The monoisotopic (exact) mass is 140 g/mol. The van der Waals surface area contributed by atoms with Crippen LogP contribution in [-0.4, -0.2) is 0 Å². The molecule has 1 nitrogen and oxygen atoms in total. The molecule has 1 heteroatoms. The molecule has 0 aromatic rings. The van der Waals surface area contributed by atoms with Gasteiger partial charge in [0.25, 0.3) is 0 Å². The fourth-order valence-electron chi connectivity index (χ4n) is 0.570. The Morgan fingerprint density at radius 3 is 2.70 bits per heavy atom. The number of hydrogen-bond donors (Lipinski definition) is 0. The molecular formula is C9H16O. The van der Waals surface area contributed by atoms with E-state index < -0.39 is 0 Å². The van der Waals surface area contributed by atoms with Crippen molar-refractivity contribution in [2.45, 2.75) is 33.1 Å². The summed E-state index contributed by atoms with van der Waals surface area (Å²) in [6.45, 7) is 4.11. The third-order valence-electron chi connectivity index (χ3n) is 1.11. The van der Waals surface area contributed by atoms with Crippen LogP contribution in [0.15, 0.2) is 24.7 Å². The smallest absolute Gasteiger partial charge is 0.0861 e. The molecule has 0 unspecified atom stereocenters. The van der Waals surface area contributed by atoms with E-state index in [-0.39, 0.29) is 0 Å². The van der Waals surface area contributed by atoms with Crippen LogP contribution in [0.25, 0.3) is 0 Å². The van der Waals surface area contributed by atoms with Crippen molar-refractivity contribution in [1.82, 2.24) is 0 Å². The Kier molecular flexibility index (Phi) is 7.68. The summed E-state index contributed by atoms with van der Waals surface area (Å²) in [4.78, 5) is 0. The fourth-order valence-corrected chi connectivity index (χ4v) is 0.570. The Balaban J connectivity index is 3.04. The molecule has 0 bridgehead atoms. The van der Waals surface area contributed by atoms with Crippen molar-refractivity contribution in [3.63, 3.8) is 0 Å². The molecule has 0 aromatic carbocycles. The van der Waals surface area contributed by atoms with Gasteiger partial charge < -0.3 is 4.74 Å². The Bertz CT molecular complexity index is 103. The van der Waals surface area contributed by atoms with Crippen LogP contribution in [-0.2, 0) is 4.74 Å². The summed E-state index contributed by atoms with van der Waals surface area (Å²) in [7, 11) is 0. The van der Waals surface area contributed by atoms with Crippen LogP contribution in [0.3, 0.4) is 0 Å². The lowest BCUT2D eigenvalue weighted by atomic mass is 10.2. The highest BCUT2D eigenvalue weighted by Gasteiger charge is 1.75. The van der Waals surface area contributed by atoms with Crippen molar-refractivity contribution in [3.8, 4) is 0 Å². The summed E-state index contributed by atoms with van der Waals surface area (Å²) in [5, 5.41) is 0. The van der Waals surface area contributed by atoms with Crippen LogP contribution in [0.2, 0.25) is 0 Å². The van der Waals surface area contributed by atoms with E-state index in [0.717, 1.165) is 6.42 Å². The minimum atomic E-state index is 1.12. The Hall–Kier alpha value is -0.720. The fraction of sp³-hybridized carbons (Fsp3) is 0.556. The molecule has 0 radical (unpaired) electrons. The zero-order valence-electron chi connectivity index (χ0n) is 6.84. The second-order valence-corrected chi connectivity index (χ2v) is 2.12. The first-order valence-electron chi connectivity index (χ1n) is 3.83. The van der Waals surface area contributed by atoms with Gasteiger partial charge in [-0.1, -0.05) is 19.4 Å². The van der Waals surface area contributed by atoms with E-state index >= 15 is 0 Å². The van der Waals surface area contributed by atoms with Crippen LogP contribution in [0.4, 0.5) is 0 Å². The van der Waals surface area contributed by atoms with E-state index in [1.54, 1.807) is 12.5 Å². The van der Waals surface area contributed by atoms with Gasteiger partial charge in [-0.2, -0.15) is 0 Å². The van der Waals surface area contributed by atoms with Crippen molar-refractivity contribution >= 4 is 0 Å². The normalized spacial score (nSPS) is 11.4. The maximum absolute atomic E-state index is 4.97. The number of allylic oxidation sites excluding steroid dienone is 2. The molecule has 0 aliphatic rings. The second-order valence-electron chi connectivity index (χ2n) is 2.12. The van der Waals surface area contributed by atoms with Gasteiger partial charge in [0.2, 0.25) is 0 Å². The maximum Gasteiger partial charge on any atom is 0.0861 e. The van der Waals surface area contributed by atoms with E-state index in [1.807, 2.05) is 19.1 Å². The van der Waals surface area contributed by atoms with E-state index in [9.17, 15) is 0 Å². The molecule has 0 aliphatic heterocycles. The Morgan fingerprint density at radius 2 is 2.10 bits per heavy atom. The summed E-state index contributed by atoms with van der Waals surface area (Å²) in [6.07, 6.45) is 10.9. The summed E-state index contributed by atoms with van der Waals surface area (Å²) in [5.41, 5.74) is 0. The molecule has 0 aromatic heterocycles. The summed E-state index contributed by atoms with van der Waals surface area (Å²) < 4.78 is 4.97. The second kappa shape index (κ2) is 8.28. The lowest BCUT2D eigenvalue weighted by molar-refractivity contribution is 0.399. The van der Waals surface area contributed by atoms with Gasteiger partial charge in [0.1, 0.15) is 0 Å². The average Bonchev–Trinajstić information content (AvgIpc) is 1.97. The third-order valence-corrected chi connectivity index (χ3v) is 1.11. The van der Waals surface area contributed by atoms with Crippen molar-refractivity contribution in [2.75, 3.05) is 0 Å². The molecule has 0 amide bonds. The minimum absolute atomic E-state index is 1.12. The minimum Gasteiger partial charge on any atom is -0.473 e. The SMILES string of the molecule is CC=COC=CCCCC. The molecule has 0 N–H and O–H groups in total. The summed E-state index contributed by atoms with van der Waals surface area (Å²) in [5.74, 6) is 0. The van der Waals surface area contributed by atoms with Gasteiger partial charge >= 0.3 is 0 Å². The zero-order chi connectivity index (χ0) is 7.66. The quantitative estimate of drug-likeness (QED) is 0.421. The van der Waals surface area contributed by atoms with Crippen LogP contribution < -0.4 is 0 Å². The van der Waals surface area contributed by atoms with E-state index in [4.69, 9.17) is 4.74 Å². The topological polar surface area (TPSA) is 9.23 Å². The molecule has 58 valence electrons. The van der Waals surface area contributed by atoms with Gasteiger partial charge in [0.15, 0.2) is 0 Å². The van der Waals surface area contributed by atoms with Crippen LogP contribution in [0, 0.1) is 0 Å². The molecule has 0 rings (SSSR count). The molecule has 0 spiro atoms. The maximum atomic E-state index is 4.97. The molecule has 0 saturated carbocycles. The molecule has 0 heterocycles. The highest BCUT2D eigenvalue weighted by atomic mass is 16.5.